The van der Waals surface area contributed by atoms with Gasteiger partial charge in [-0.2, -0.15) is 0 Å². The molecule has 2 saturated carbocycles. The molecular formula is C50H74O8. The number of rotatable bonds is 25. The van der Waals surface area contributed by atoms with E-state index < -0.39 is 35.1 Å². The maximum absolute atomic E-state index is 13.3. The Morgan fingerprint density at radius 3 is 1.02 bits per heavy atom. The Morgan fingerprint density at radius 1 is 0.483 bits per heavy atom. The van der Waals surface area contributed by atoms with Gasteiger partial charge in [-0.3, -0.25) is 0 Å². The average molecular weight is 803 g/mol. The first-order valence-corrected chi connectivity index (χ1v) is 23.0. The van der Waals surface area contributed by atoms with Gasteiger partial charge in [0.05, 0.1) is 11.1 Å². The standard InChI is InChI=1S/C50H74O8/c1-5-7-9-15-37-21-25-39(26-22-37)17-11-13-19-41-29-33-43(34-30-41)45(51)57-49(3,47(53)54)50(4,48(55)56)58-46(52)44-35-31-42(32-36-44)20-14-12-18-40-27-23-38(24-28-40)16-10-8-6-2/h29-40H,5-28H2,1-4H3,(H,53,54)(H,55,56)/t37?,38?,39?,40?,49-,50-/m0/s1. The summed E-state index contributed by atoms with van der Waals surface area (Å²) >= 11 is 0. The number of esters is 2. The Labute approximate surface area is 349 Å². The van der Waals surface area contributed by atoms with Crippen molar-refractivity contribution in [3.8, 4) is 0 Å². The van der Waals surface area contributed by atoms with Gasteiger partial charge in [0.25, 0.3) is 11.2 Å². The Morgan fingerprint density at radius 2 is 0.759 bits per heavy atom. The van der Waals surface area contributed by atoms with Crippen molar-refractivity contribution in [1.82, 2.24) is 0 Å². The van der Waals surface area contributed by atoms with Crippen LogP contribution in [0.4, 0.5) is 0 Å². The second-order valence-electron chi connectivity index (χ2n) is 18.1. The number of unbranched alkanes of at least 4 members (excludes halogenated alkanes) is 6. The summed E-state index contributed by atoms with van der Waals surface area (Å²) in [5.74, 6) is -2.07. The second-order valence-corrected chi connectivity index (χ2v) is 18.1. The van der Waals surface area contributed by atoms with Crippen molar-refractivity contribution in [3.63, 3.8) is 0 Å². The molecule has 0 spiro atoms. The number of hydrogen-bond donors (Lipinski definition) is 2. The van der Waals surface area contributed by atoms with E-state index in [-0.39, 0.29) is 11.1 Å². The molecule has 0 amide bonds. The molecule has 2 fully saturated rings. The molecule has 2 aliphatic carbocycles. The molecule has 0 aromatic heterocycles. The van der Waals surface area contributed by atoms with E-state index in [1.165, 1.54) is 116 Å². The van der Waals surface area contributed by atoms with E-state index in [2.05, 4.69) is 13.8 Å². The molecule has 0 aliphatic heterocycles. The number of carbonyl (C=O) groups is 4. The third kappa shape index (κ3) is 14.0. The number of aryl methyl sites for hydroxylation is 2. The number of carboxylic acid groups (broad SMARTS) is 2. The van der Waals surface area contributed by atoms with Crippen LogP contribution in [0.3, 0.4) is 0 Å². The van der Waals surface area contributed by atoms with Gasteiger partial charge in [-0.05, 0) is 98.6 Å². The van der Waals surface area contributed by atoms with E-state index in [0.717, 1.165) is 87.2 Å². The summed E-state index contributed by atoms with van der Waals surface area (Å²) < 4.78 is 10.9. The maximum atomic E-state index is 13.3. The summed E-state index contributed by atoms with van der Waals surface area (Å²) in [5.41, 5.74) is -3.23. The highest BCUT2D eigenvalue weighted by atomic mass is 16.6. The van der Waals surface area contributed by atoms with Crippen LogP contribution in [0.1, 0.15) is 201 Å². The molecule has 2 atom stereocenters. The van der Waals surface area contributed by atoms with Gasteiger partial charge in [0.2, 0.25) is 0 Å². The molecule has 4 rings (SSSR count). The van der Waals surface area contributed by atoms with Crippen LogP contribution >= 0.6 is 0 Å². The molecule has 8 nitrogen and oxygen atoms in total. The van der Waals surface area contributed by atoms with Crippen molar-refractivity contribution in [2.45, 2.75) is 193 Å². The Balaban J connectivity index is 1.23. The topological polar surface area (TPSA) is 127 Å². The Bertz CT molecular complexity index is 1430. The minimum Gasteiger partial charge on any atom is -0.478 e. The van der Waals surface area contributed by atoms with E-state index in [1.807, 2.05) is 24.3 Å². The number of hydrogen-bond acceptors (Lipinski definition) is 6. The minimum absolute atomic E-state index is 0.0757. The van der Waals surface area contributed by atoms with Gasteiger partial charge in [-0.25, -0.2) is 19.2 Å². The molecule has 2 aromatic carbocycles. The number of carboxylic acids is 2. The van der Waals surface area contributed by atoms with Gasteiger partial charge in [0.15, 0.2) is 0 Å². The van der Waals surface area contributed by atoms with E-state index >= 15 is 0 Å². The quantitative estimate of drug-likeness (QED) is 0.0750. The fourth-order valence-corrected chi connectivity index (χ4v) is 9.30. The van der Waals surface area contributed by atoms with E-state index in [0.29, 0.717) is 0 Å². The first-order valence-electron chi connectivity index (χ1n) is 23.0. The Kier molecular flexibility index (Phi) is 19.3. The molecule has 2 aromatic rings. The average Bonchev–Trinajstić information content (AvgIpc) is 3.22. The van der Waals surface area contributed by atoms with Crippen LogP contribution in [-0.4, -0.2) is 45.3 Å². The predicted molar refractivity (Wildman–Crippen MR) is 230 cm³/mol. The van der Waals surface area contributed by atoms with E-state index in [1.54, 1.807) is 24.3 Å². The lowest BCUT2D eigenvalue weighted by atomic mass is 9.78. The fourth-order valence-electron chi connectivity index (χ4n) is 9.30. The molecule has 0 radical (unpaired) electrons. The second kappa shape index (κ2) is 23.8. The zero-order valence-corrected chi connectivity index (χ0v) is 36.2. The van der Waals surface area contributed by atoms with Crippen LogP contribution in [0.15, 0.2) is 48.5 Å². The molecule has 58 heavy (non-hydrogen) atoms. The van der Waals surface area contributed by atoms with E-state index in [9.17, 15) is 29.4 Å². The monoisotopic (exact) mass is 803 g/mol. The normalized spacial score (nSPS) is 21.7. The first-order chi connectivity index (χ1) is 27.9. The SMILES string of the molecule is CCCCCC1CCC(CCCCc2ccc(C(=O)O[C@@](C)(C(=O)O)[C@@](C)(OC(=O)c3ccc(CCCCC4CCC(CCCCC)CC4)cc3)C(=O)O)cc2)CC1. The lowest BCUT2D eigenvalue weighted by Gasteiger charge is -2.38. The summed E-state index contributed by atoms with van der Waals surface area (Å²) in [6.45, 7) is 6.42. The van der Waals surface area contributed by atoms with Crippen molar-refractivity contribution in [2.75, 3.05) is 0 Å². The zero-order valence-electron chi connectivity index (χ0n) is 36.2. The van der Waals surface area contributed by atoms with Crippen LogP contribution in [-0.2, 0) is 31.9 Å². The fraction of sp³-hybridized carbons (Fsp3) is 0.680. The highest BCUT2D eigenvalue weighted by molar-refractivity contribution is 5.99. The molecule has 2 N–H and O–H groups in total. The summed E-state index contributed by atoms with van der Waals surface area (Å²) in [6.07, 6.45) is 30.3. The number of carbonyl (C=O) groups excluding carboxylic acids is 2. The molecule has 0 saturated heterocycles. The highest BCUT2D eigenvalue weighted by Crippen LogP contribution is 2.37. The molecule has 0 unspecified atom stereocenters. The molecular weight excluding hydrogens is 729 g/mol. The molecule has 0 bridgehead atoms. The smallest absolute Gasteiger partial charge is 0.352 e. The lowest BCUT2D eigenvalue weighted by Crippen LogP contribution is -2.64. The molecule has 0 heterocycles. The first kappa shape index (κ1) is 47.0. The van der Waals surface area contributed by atoms with Crippen molar-refractivity contribution in [1.29, 1.82) is 0 Å². The molecule has 2 aliphatic rings. The van der Waals surface area contributed by atoms with Gasteiger partial charge in [0, 0.05) is 0 Å². The van der Waals surface area contributed by atoms with Crippen molar-refractivity contribution in [3.05, 3.63) is 70.8 Å². The van der Waals surface area contributed by atoms with Crippen molar-refractivity contribution in [2.24, 2.45) is 23.7 Å². The highest BCUT2D eigenvalue weighted by Gasteiger charge is 2.62. The maximum Gasteiger partial charge on any atom is 0.352 e. The lowest BCUT2D eigenvalue weighted by molar-refractivity contribution is -0.200. The van der Waals surface area contributed by atoms with Gasteiger partial charge < -0.3 is 19.7 Å². The summed E-state index contributed by atoms with van der Waals surface area (Å²) in [6, 6.07) is 13.5. The zero-order chi connectivity index (χ0) is 42.0. The van der Waals surface area contributed by atoms with Gasteiger partial charge in [-0.1, -0.05) is 167 Å². The molecule has 322 valence electrons. The third-order valence-corrected chi connectivity index (χ3v) is 13.7. The predicted octanol–water partition coefficient (Wildman–Crippen LogP) is 12.6. The Hall–Kier alpha value is -3.68. The molecule has 8 heteroatoms. The summed E-state index contributed by atoms with van der Waals surface area (Å²) in [7, 11) is 0. The van der Waals surface area contributed by atoms with Crippen molar-refractivity contribution >= 4 is 23.9 Å². The summed E-state index contributed by atoms with van der Waals surface area (Å²) in [5, 5.41) is 20.5. The van der Waals surface area contributed by atoms with Crippen LogP contribution in [0.5, 0.6) is 0 Å². The van der Waals surface area contributed by atoms with Gasteiger partial charge >= 0.3 is 23.9 Å². The largest absolute Gasteiger partial charge is 0.478 e. The van der Waals surface area contributed by atoms with Crippen LogP contribution < -0.4 is 0 Å². The number of ether oxygens (including phenoxy) is 2. The van der Waals surface area contributed by atoms with Crippen LogP contribution in [0.25, 0.3) is 0 Å². The van der Waals surface area contributed by atoms with E-state index in [4.69, 9.17) is 9.47 Å². The van der Waals surface area contributed by atoms with Crippen LogP contribution in [0.2, 0.25) is 0 Å². The van der Waals surface area contributed by atoms with Gasteiger partial charge in [-0.15, -0.1) is 0 Å². The number of benzene rings is 2. The third-order valence-electron chi connectivity index (χ3n) is 13.7. The van der Waals surface area contributed by atoms with Gasteiger partial charge in [0.1, 0.15) is 0 Å². The number of aliphatic carboxylic acids is 2. The minimum atomic E-state index is -2.74. The van der Waals surface area contributed by atoms with Crippen molar-refractivity contribution < 1.29 is 38.9 Å². The van der Waals surface area contributed by atoms with Crippen LogP contribution in [0, 0.1) is 23.7 Å². The summed E-state index contributed by atoms with van der Waals surface area (Å²) in [4.78, 5) is 51.9.